The standard InChI is InChI=1S/C17H22N4O6/c1-8(15(24)26-3)4-9-5-21(14-11(9)13(18)19-7-20-14)16-17(2,25)12(23)10(6-22)27-16/h4-5,7,10,12,16,22-23,25H,6H2,1-3H3,(H2,18,19,20)/t10-,12-,16-,17-/m1/s1. The number of nitrogens with zero attached hydrogens (tertiary/aromatic N) is 3. The van der Waals surface area contributed by atoms with E-state index in [0.29, 0.717) is 22.2 Å². The molecule has 0 aliphatic carbocycles. The fourth-order valence-corrected chi connectivity index (χ4v) is 3.27. The van der Waals surface area contributed by atoms with Crippen LogP contribution in [0.5, 0.6) is 0 Å². The van der Waals surface area contributed by atoms with Crippen molar-refractivity contribution in [2.45, 2.75) is 37.9 Å². The van der Waals surface area contributed by atoms with Crippen LogP contribution in [0.15, 0.2) is 18.1 Å². The average Bonchev–Trinajstić information content (AvgIpc) is 3.10. The number of ether oxygens (including phenoxy) is 2. The molecule has 1 fully saturated rings. The van der Waals surface area contributed by atoms with Crippen LogP contribution in [0.1, 0.15) is 25.6 Å². The number of nitrogen functional groups attached to an aromatic ring is 1. The molecule has 2 aromatic heterocycles. The molecule has 0 aromatic carbocycles. The van der Waals surface area contributed by atoms with Crippen LogP contribution in [0.3, 0.4) is 0 Å². The molecule has 0 unspecified atom stereocenters. The number of hydrogen-bond donors (Lipinski definition) is 4. The van der Waals surface area contributed by atoms with E-state index in [1.807, 2.05) is 0 Å². The number of fused-ring (bicyclic) bond motifs is 1. The molecule has 146 valence electrons. The van der Waals surface area contributed by atoms with Gasteiger partial charge in [-0.25, -0.2) is 14.8 Å². The second-order valence-electron chi connectivity index (χ2n) is 6.65. The van der Waals surface area contributed by atoms with Crippen LogP contribution in [0, 0.1) is 0 Å². The minimum Gasteiger partial charge on any atom is -0.466 e. The fraction of sp³-hybridized carbons (Fsp3) is 0.471. The Morgan fingerprint density at radius 3 is 2.81 bits per heavy atom. The van der Waals surface area contributed by atoms with Crippen molar-refractivity contribution in [2.75, 3.05) is 19.5 Å². The summed E-state index contributed by atoms with van der Waals surface area (Å²) in [6.07, 6.45) is 1.11. The largest absolute Gasteiger partial charge is 0.466 e. The summed E-state index contributed by atoms with van der Waals surface area (Å²) in [5, 5.41) is 30.9. The lowest BCUT2D eigenvalue weighted by Crippen LogP contribution is -2.44. The van der Waals surface area contributed by atoms with E-state index in [-0.39, 0.29) is 5.82 Å². The molecule has 10 heteroatoms. The van der Waals surface area contributed by atoms with Crippen molar-refractivity contribution in [1.82, 2.24) is 14.5 Å². The summed E-state index contributed by atoms with van der Waals surface area (Å²) in [4.78, 5) is 19.9. The number of carbonyl (C=O) groups is 1. The SMILES string of the molecule is COC(=O)C(C)=Cc1cn([C@@H]2O[C@H](CO)[C@@H](O)[C@@]2(C)O)c2ncnc(N)c12. The number of hydrogen-bond acceptors (Lipinski definition) is 9. The number of rotatable bonds is 4. The van der Waals surface area contributed by atoms with Gasteiger partial charge in [-0.3, -0.25) is 0 Å². The first kappa shape index (κ1) is 19.2. The lowest BCUT2D eigenvalue weighted by Gasteiger charge is -2.27. The van der Waals surface area contributed by atoms with Crippen molar-refractivity contribution < 1.29 is 29.6 Å². The normalized spacial score (nSPS) is 28.7. The summed E-state index contributed by atoms with van der Waals surface area (Å²) in [7, 11) is 1.28. The van der Waals surface area contributed by atoms with Gasteiger partial charge < -0.3 is 35.1 Å². The van der Waals surface area contributed by atoms with Crippen molar-refractivity contribution in [2.24, 2.45) is 0 Å². The summed E-state index contributed by atoms with van der Waals surface area (Å²) >= 11 is 0. The predicted octanol–water partition coefficient (Wildman–Crippen LogP) is -0.409. The Labute approximate surface area is 154 Å². The van der Waals surface area contributed by atoms with Crippen molar-refractivity contribution in [3.05, 3.63) is 23.7 Å². The zero-order valence-electron chi connectivity index (χ0n) is 15.2. The Bertz CT molecular complexity index is 906. The highest BCUT2D eigenvalue weighted by molar-refractivity contribution is 6.00. The van der Waals surface area contributed by atoms with Gasteiger partial charge in [0.2, 0.25) is 0 Å². The molecule has 0 bridgehead atoms. The minimum absolute atomic E-state index is 0.180. The Morgan fingerprint density at radius 2 is 2.22 bits per heavy atom. The van der Waals surface area contributed by atoms with Crippen LogP contribution < -0.4 is 5.73 Å². The molecule has 0 spiro atoms. The van der Waals surface area contributed by atoms with Gasteiger partial charge in [0, 0.05) is 17.3 Å². The second-order valence-corrected chi connectivity index (χ2v) is 6.65. The average molecular weight is 378 g/mol. The molecular weight excluding hydrogens is 356 g/mol. The van der Waals surface area contributed by atoms with Crippen LogP contribution in [-0.2, 0) is 14.3 Å². The van der Waals surface area contributed by atoms with Gasteiger partial charge in [-0.1, -0.05) is 0 Å². The van der Waals surface area contributed by atoms with Crippen LogP contribution in [0.2, 0.25) is 0 Å². The highest BCUT2D eigenvalue weighted by Gasteiger charge is 2.53. The van der Waals surface area contributed by atoms with Gasteiger partial charge >= 0.3 is 5.97 Å². The molecule has 27 heavy (non-hydrogen) atoms. The van der Waals surface area contributed by atoms with Gasteiger partial charge in [0.15, 0.2) is 6.23 Å². The van der Waals surface area contributed by atoms with Gasteiger partial charge in [-0.2, -0.15) is 0 Å². The Balaban J connectivity index is 2.19. The Kier molecular flexibility index (Phi) is 4.91. The fourth-order valence-electron chi connectivity index (χ4n) is 3.27. The molecule has 3 heterocycles. The van der Waals surface area contributed by atoms with E-state index in [1.165, 1.54) is 24.9 Å². The number of esters is 1. The van der Waals surface area contributed by atoms with Crippen LogP contribution in [0.4, 0.5) is 5.82 Å². The molecular formula is C17H22N4O6. The second kappa shape index (κ2) is 6.89. The summed E-state index contributed by atoms with van der Waals surface area (Å²) in [5.41, 5.74) is 5.50. The third-order valence-electron chi connectivity index (χ3n) is 4.73. The van der Waals surface area contributed by atoms with Gasteiger partial charge in [0.25, 0.3) is 0 Å². The Morgan fingerprint density at radius 1 is 1.52 bits per heavy atom. The van der Waals surface area contributed by atoms with Crippen LogP contribution >= 0.6 is 0 Å². The quantitative estimate of drug-likeness (QED) is 0.411. The molecule has 4 atom stereocenters. The number of carbonyl (C=O) groups excluding carboxylic acids is 1. The maximum atomic E-state index is 11.7. The number of methoxy groups -OCH3 is 1. The Hall–Kier alpha value is -2.53. The zero-order chi connectivity index (χ0) is 19.9. The summed E-state index contributed by atoms with van der Waals surface area (Å²) < 4.78 is 11.9. The van der Waals surface area contributed by atoms with E-state index in [1.54, 1.807) is 19.2 Å². The van der Waals surface area contributed by atoms with Crippen molar-refractivity contribution in [3.8, 4) is 0 Å². The van der Waals surface area contributed by atoms with E-state index >= 15 is 0 Å². The molecule has 10 nitrogen and oxygen atoms in total. The number of aromatic nitrogens is 3. The molecule has 0 amide bonds. The number of anilines is 1. The molecule has 1 aliphatic heterocycles. The summed E-state index contributed by atoms with van der Waals surface area (Å²) in [5.74, 6) is -0.328. The first-order chi connectivity index (χ1) is 12.7. The maximum absolute atomic E-state index is 11.7. The van der Waals surface area contributed by atoms with Crippen LogP contribution in [0.25, 0.3) is 17.1 Å². The van der Waals surface area contributed by atoms with Crippen molar-refractivity contribution >= 4 is 28.9 Å². The number of aliphatic hydroxyl groups is 3. The molecule has 1 saturated heterocycles. The molecule has 5 N–H and O–H groups in total. The summed E-state index contributed by atoms with van der Waals surface area (Å²) in [6.45, 7) is 2.53. The van der Waals surface area contributed by atoms with E-state index in [9.17, 15) is 20.1 Å². The first-order valence-corrected chi connectivity index (χ1v) is 8.26. The van der Waals surface area contributed by atoms with Gasteiger partial charge in [-0.15, -0.1) is 0 Å². The first-order valence-electron chi connectivity index (χ1n) is 8.26. The van der Waals surface area contributed by atoms with E-state index < -0.39 is 36.6 Å². The van der Waals surface area contributed by atoms with Gasteiger partial charge in [-0.05, 0) is 19.9 Å². The maximum Gasteiger partial charge on any atom is 0.333 e. The number of aliphatic hydroxyl groups excluding tert-OH is 2. The lowest BCUT2D eigenvalue weighted by molar-refractivity contribution is -0.135. The topological polar surface area (TPSA) is 153 Å². The number of nitrogens with two attached hydrogens (primary N) is 1. The van der Waals surface area contributed by atoms with Crippen molar-refractivity contribution in [1.29, 1.82) is 0 Å². The molecule has 2 aromatic rings. The minimum atomic E-state index is -1.70. The van der Waals surface area contributed by atoms with Crippen molar-refractivity contribution in [3.63, 3.8) is 0 Å². The highest BCUT2D eigenvalue weighted by Crippen LogP contribution is 2.41. The predicted molar refractivity (Wildman–Crippen MR) is 95.2 cm³/mol. The van der Waals surface area contributed by atoms with E-state index in [2.05, 4.69) is 9.97 Å². The third-order valence-corrected chi connectivity index (χ3v) is 4.73. The highest BCUT2D eigenvalue weighted by atomic mass is 16.6. The lowest BCUT2D eigenvalue weighted by atomic mass is 9.96. The molecule has 0 saturated carbocycles. The van der Waals surface area contributed by atoms with Crippen LogP contribution in [-0.4, -0.2) is 67.3 Å². The zero-order valence-corrected chi connectivity index (χ0v) is 15.2. The smallest absolute Gasteiger partial charge is 0.333 e. The molecule has 1 aliphatic rings. The summed E-state index contributed by atoms with van der Waals surface area (Å²) in [6, 6.07) is 0. The van der Waals surface area contributed by atoms with E-state index in [4.69, 9.17) is 15.2 Å². The molecule has 0 radical (unpaired) electrons. The van der Waals surface area contributed by atoms with E-state index in [0.717, 1.165) is 0 Å². The van der Waals surface area contributed by atoms with Gasteiger partial charge in [0.05, 0.1) is 19.1 Å². The third kappa shape index (κ3) is 3.06. The van der Waals surface area contributed by atoms with Gasteiger partial charge in [0.1, 0.15) is 35.6 Å². The monoisotopic (exact) mass is 378 g/mol. The molecule has 3 rings (SSSR count).